The van der Waals surface area contributed by atoms with E-state index in [0.29, 0.717) is 12.6 Å². The molecule has 7 unspecified atom stereocenters. The summed E-state index contributed by atoms with van der Waals surface area (Å²) in [6.07, 6.45) is 2.61. The number of nitrogens with one attached hydrogen (secondary N) is 2. The Hall–Kier alpha value is -0.810. The molecule has 1 aliphatic heterocycles. The van der Waals surface area contributed by atoms with Crippen molar-refractivity contribution in [2.24, 2.45) is 23.7 Å². The highest BCUT2D eigenvalue weighted by Crippen LogP contribution is 2.36. The van der Waals surface area contributed by atoms with Crippen LogP contribution in [0.3, 0.4) is 0 Å². The monoisotopic (exact) mass is 385 g/mol. The van der Waals surface area contributed by atoms with E-state index in [0.717, 1.165) is 32.4 Å². The van der Waals surface area contributed by atoms with E-state index in [1.165, 1.54) is 0 Å². The van der Waals surface area contributed by atoms with Crippen LogP contribution in [0.1, 0.15) is 53.9 Å². The average molecular weight is 386 g/mol. The number of hydrogen-bond acceptors (Lipinski definition) is 3. The fourth-order valence-corrected chi connectivity index (χ4v) is 5.25. The van der Waals surface area contributed by atoms with Crippen molar-refractivity contribution in [1.29, 1.82) is 0 Å². The van der Waals surface area contributed by atoms with E-state index < -0.39 is 0 Å². The second kappa shape index (κ2) is 9.41. The first kappa shape index (κ1) is 21.5. The minimum atomic E-state index is -0.139. The number of alkyl halides is 1. The quantitative estimate of drug-likeness (QED) is 0.691. The van der Waals surface area contributed by atoms with E-state index >= 15 is 0 Å². The smallest absolute Gasteiger partial charge is 0.225 e. The molecule has 0 bridgehead atoms. The summed E-state index contributed by atoms with van der Waals surface area (Å²) in [5, 5.41) is 6.10. The minimum absolute atomic E-state index is 0.0327. The third-order valence-corrected chi connectivity index (χ3v) is 6.86. The number of halogens is 1. The average Bonchev–Trinajstić information content (AvgIpc) is 2.57. The van der Waals surface area contributed by atoms with Gasteiger partial charge in [-0.15, -0.1) is 11.6 Å². The van der Waals surface area contributed by atoms with Gasteiger partial charge in [0, 0.05) is 29.9 Å². The van der Waals surface area contributed by atoms with Crippen LogP contribution >= 0.6 is 11.6 Å². The van der Waals surface area contributed by atoms with Gasteiger partial charge in [-0.1, -0.05) is 27.7 Å². The molecule has 0 aromatic carbocycles. The Balaban J connectivity index is 1.98. The van der Waals surface area contributed by atoms with E-state index in [1.54, 1.807) is 0 Å². The fraction of sp³-hybridized carbons (Fsp3) is 0.900. The summed E-state index contributed by atoms with van der Waals surface area (Å²) in [5.41, 5.74) is 0. The van der Waals surface area contributed by atoms with Gasteiger partial charge in [0.05, 0.1) is 5.92 Å². The first-order valence-electron chi connectivity index (χ1n) is 10.2. The van der Waals surface area contributed by atoms with Gasteiger partial charge in [-0.2, -0.15) is 0 Å². The summed E-state index contributed by atoms with van der Waals surface area (Å²) in [6, 6.07) is 0.560. The van der Waals surface area contributed by atoms with Crippen molar-refractivity contribution in [1.82, 2.24) is 15.5 Å². The highest BCUT2D eigenvalue weighted by Gasteiger charge is 2.41. The van der Waals surface area contributed by atoms with Crippen LogP contribution in [-0.2, 0) is 9.59 Å². The molecule has 150 valence electrons. The topological polar surface area (TPSA) is 61.4 Å². The fourth-order valence-electron chi connectivity index (χ4n) is 4.88. The number of carbonyl (C=O) groups is 2. The van der Waals surface area contributed by atoms with Gasteiger partial charge < -0.3 is 15.5 Å². The molecule has 7 atom stereocenters. The Morgan fingerprint density at radius 1 is 1.19 bits per heavy atom. The van der Waals surface area contributed by atoms with Crippen LogP contribution in [0, 0.1) is 23.7 Å². The van der Waals surface area contributed by atoms with Crippen molar-refractivity contribution in [2.75, 3.05) is 19.6 Å². The van der Waals surface area contributed by atoms with Crippen LogP contribution in [0.25, 0.3) is 0 Å². The third kappa shape index (κ3) is 4.92. The zero-order valence-electron chi connectivity index (χ0n) is 16.9. The van der Waals surface area contributed by atoms with E-state index in [4.69, 9.17) is 11.6 Å². The number of carbonyl (C=O) groups excluding carboxylic acids is 2. The predicted octanol–water partition coefficient (Wildman–Crippen LogP) is 2.63. The van der Waals surface area contributed by atoms with Gasteiger partial charge in [0.25, 0.3) is 0 Å². The van der Waals surface area contributed by atoms with Crippen molar-refractivity contribution in [3.63, 3.8) is 0 Å². The summed E-state index contributed by atoms with van der Waals surface area (Å²) >= 11 is 6.51. The first-order valence-corrected chi connectivity index (χ1v) is 10.7. The molecular weight excluding hydrogens is 350 g/mol. The zero-order chi connectivity index (χ0) is 19.4. The Kier molecular flexibility index (Phi) is 7.77. The highest BCUT2D eigenvalue weighted by atomic mass is 35.5. The largest absolute Gasteiger partial charge is 0.355 e. The van der Waals surface area contributed by atoms with Gasteiger partial charge in [-0.05, 0) is 51.1 Å². The van der Waals surface area contributed by atoms with Crippen LogP contribution in [0.15, 0.2) is 0 Å². The van der Waals surface area contributed by atoms with E-state index in [-0.39, 0.29) is 46.9 Å². The molecule has 2 rings (SSSR count). The summed E-state index contributed by atoms with van der Waals surface area (Å²) in [7, 11) is 0. The lowest BCUT2D eigenvalue weighted by atomic mass is 9.75. The van der Waals surface area contributed by atoms with Crippen molar-refractivity contribution < 1.29 is 9.59 Å². The van der Waals surface area contributed by atoms with E-state index in [1.807, 2.05) is 6.92 Å². The summed E-state index contributed by atoms with van der Waals surface area (Å²) in [4.78, 5) is 27.6. The molecule has 0 spiro atoms. The van der Waals surface area contributed by atoms with Gasteiger partial charge in [-0.3, -0.25) is 9.59 Å². The Bertz CT molecular complexity index is 497. The summed E-state index contributed by atoms with van der Waals surface area (Å²) in [6.45, 7) is 13.0. The van der Waals surface area contributed by atoms with Crippen molar-refractivity contribution >= 4 is 23.4 Å². The molecule has 0 radical (unpaired) electrons. The summed E-state index contributed by atoms with van der Waals surface area (Å²) < 4.78 is 0. The SMILES string of the molecule is CCN(CC)C1CC(Cl)CC(C(=O)NCC2C(=O)NC(C)CC2C)C1C. The Morgan fingerprint density at radius 2 is 1.85 bits per heavy atom. The second-order valence-electron chi connectivity index (χ2n) is 8.30. The lowest BCUT2D eigenvalue weighted by molar-refractivity contribution is -0.132. The molecule has 0 aromatic heterocycles. The number of rotatable bonds is 6. The van der Waals surface area contributed by atoms with Gasteiger partial charge in [0.1, 0.15) is 0 Å². The predicted molar refractivity (Wildman–Crippen MR) is 106 cm³/mol. The molecule has 2 N–H and O–H groups in total. The number of nitrogens with zero attached hydrogens (tertiary/aromatic N) is 1. The van der Waals surface area contributed by atoms with Crippen LogP contribution in [0.5, 0.6) is 0 Å². The maximum Gasteiger partial charge on any atom is 0.225 e. The zero-order valence-corrected chi connectivity index (χ0v) is 17.7. The van der Waals surface area contributed by atoms with Crippen LogP contribution in [0.4, 0.5) is 0 Å². The first-order chi connectivity index (χ1) is 12.3. The lowest BCUT2D eigenvalue weighted by Gasteiger charge is -2.43. The Labute approximate surface area is 163 Å². The molecule has 2 fully saturated rings. The van der Waals surface area contributed by atoms with Crippen LogP contribution in [0.2, 0.25) is 0 Å². The van der Waals surface area contributed by atoms with Gasteiger partial charge in [-0.25, -0.2) is 0 Å². The van der Waals surface area contributed by atoms with Crippen LogP contribution < -0.4 is 10.6 Å². The molecule has 2 aliphatic rings. The van der Waals surface area contributed by atoms with Crippen LogP contribution in [-0.4, -0.2) is 53.8 Å². The summed E-state index contributed by atoms with van der Waals surface area (Å²) in [5.74, 6) is 0.440. The second-order valence-corrected chi connectivity index (χ2v) is 8.91. The molecule has 5 nitrogen and oxygen atoms in total. The standard InChI is InChI=1S/C20H36ClN3O2/c1-6-24(7-2)18-10-15(21)9-16(14(18)5)19(25)22-11-17-12(3)8-13(4)23-20(17)26/h12-18H,6-11H2,1-5H3,(H,22,25)(H,23,26). The molecule has 2 amide bonds. The molecule has 1 saturated carbocycles. The lowest BCUT2D eigenvalue weighted by Crippen LogP contribution is -2.53. The van der Waals surface area contributed by atoms with E-state index in [9.17, 15) is 9.59 Å². The van der Waals surface area contributed by atoms with Gasteiger partial charge in [0.2, 0.25) is 11.8 Å². The molecule has 1 aliphatic carbocycles. The van der Waals surface area contributed by atoms with Crippen molar-refractivity contribution in [3.05, 3.63) is 0 Å². The molecule has 0 aromatic rings. The van der Waals surface area contributed by atoms with E-state index in [2.05, 4.69) is 43.2 Å². The molecule has 1 heterocycles. The number of piperidine rings is 1. The maximum atomic E-state index is 12.9. The molecular formula is C20H36ClN3O2. The number of amides is 2. The van der Waals surface area contributed by atoms with Gasteiger partial charge >= 0.3 is 0 Å². The van der Waals surface area contributed by atoms with Gasteiger partial charge in [0.15, 0.2) is 0 Å². The highest BCUT2D eigenvalue weighted by molar-refractivity contribution is 6.20. The normalized spacial score (nSPS) is 38.1. The molecule has 26 heavy (non-hydrogen) atoms. The van der Waals surface area contributed by atoms with Crippen molar-refractivity contribution in [3.8, 4) is 0 Å². The Morgan fingerprint density at radius 3 is 2.42 bits per heavy atom. The minimum Gasteiger partial charge on any atom is -0.355 e. The molecule has 6 heteroatoms. The maximum absolute atomic E-state index is 12.9. The third-order valence-electron chi connectivity index (χ3n) is 6.50. The number of hydrogen-bond donors (Lipinski definition) is 2. The molecule has 1 saturated heterocycles. The van der Waals surface area contributed by atoms with Crippen molar-refractivity contribution in [2.45, 2.75) is 71.3 Å².